The van der Waals surface area contributed by atoms with Crippen molar-refractivity contribution in [2.75, 3.05) is 0 Å². The molecule has 70 valence electrons. The zero-order valence-electron chi connectivity index (χ0n) is 7.26. The molecule has 0 aliphatic rings. The molecule has 0 N–H and O–H groups in total. The third kappa shape index (κ3) is 2.11. The smallest absolute Gasteiger partial charge is 0.199 e. The van der Waals surface area contributed by atoms with E-state index in [1.54, 1.807) is 6.92 Å². The second-order valence-corrected chi connectivity index (χ2v) is 2.72. The Labute approximate surface area is 75.4 Å². The van der Waals surface area contributed by atoms with Crippen molar-refractivity contribution in [2.24, 2.45) is 0 Å². The molecule has 3 heteroatoms. The Morgan fingerprint density at radius 1 is 1.46 bits per heavy atom. The molecular weight excluding hydrogens is 174 g/mol. The third-order valence-corrected chi connectivity index (χ3v) is 1.78. The first-order valence-corrected chi connectivity index (χ1v) is 4.09. The van der Waals surface area contributed by atoms with Crippen LogP contribution in [0.2, 0.25) is 0 Å². The van der Waals surface area contributed by atoms with Crippen LogP contribution < -0.4 is 0 Å². The monoisotopic (exact) mass is 184 g/mol. The van der Waals surface area contributed by atoms with Crippen LogP contribution in [-0.4, -0.2) is 12.0 Å². The minimum Gasteiger partial charge on any atom is -0.291 e. The number of halogens is 2. The summed E-state index contributed by atoms with van der Waals surface area (Å²) < 4.78 is 25.8. The number of carbonyl (C=O) groups excluding carboxylic acids is 1. The van der Waals surface area contributed by atoms with Crippen LogP contribution >= 0.6 is 0 Å². The highest BCUT2D eigenvalue weighted by molar-refractivity contribution is 5.99. The van der Waals surface area contributed by atoms with Crippen molar-refractivity contribution in [3.63, 3.8) is 0 Å². The van der Waals surface area contributed by atoms with Crippen molar-refractivity contribution >= 4 is 5.78 Å². The van der Waals surface area contributed by atoms with Crippen molar-refractivity contribution in [1.29, 1.82) is 0 Å². The molecule has 1 rings (SSSR count). The summed E-state index contributed by atoms with van der Waals surface area (Å²) in [6, 6.07) is 5.42. The van der Waals surface area contributed by atoms with E-state index in [1.165, 1.54) is 18.2 Å². The summed E-state index contributed by atoms with van der Waals surface area (Å²) in [5.74, 6) is -1.44. The first-order chi connectivity index (χ1) is 6.16. The summed E-state index contributed by atoms with van der Waals surface area (Å²) in [7, 11) is 0. The van der Waals surface area contributed by atoms with E-state index in [9.17, 15) is 13.6 Å². The van der Waals surface area contributed by atoms with Crippen molar-refractivity contribution < 1.29 is 13.6 Å². The molecule has 0 heterocycles. The van der Waals surface area contributed by atoms with E-state index < -0.39 is 17.8 Å². The fourth-order valence-electron chi connectivity index (χ4n) is 1.02. The Morgan fingerprint density at radius 3 is 2.62 bits per heavy atom. The number of ketones is 1. The normalized spacial score (nSPS) is 12.5. The average Bonchev–Trinajstić information content (AvgIpc) is 2.16. The van der Waals surface area contributed by atoms with Crippen LogP contribution in [0.1, 0.15) is 23.7 Å². The summed E-state index contributed by atoms with van der Waals surface area (Å²) in [6.45, 7) is 1.55. The lowest BCUT2D eigenvalue weighted by Crippen LogP contribution is -2.15. The quantitative estimate of drug-likeness (QED) is 0.660. The van der Waals surface area contributed by atoms with Crippen LogP contribution in [0.5, 0.6) is 0 Å². The number of hydrogen-bond donors (Lipinski definition) is 0. The molecule has 0 saturated heterocycles. The summed E-state index contributed by atoms with van der Waals surface area (Å²) >= 11 is 0. The average molecular weight is 184 g/mol. The molecule has 1 atom stereocenters. The van der Waals surface area contributed by atoms with E-state index in [4.69, 9.17) is 0 Å². The summed E-state index contributed by atoms with van der Waals surface area (Å²) in [4.78, 5) is 11.2. The Kier molecular flexibility index (Phi) is 3.12. The van der Waals surface area contributed by atoms with E-state index in [0.29, 0.717) is 0 Å². The number of Topliss-reactive ketones (excluding diaryl/α,β-unsaturated/α-hetero) is 1. The molecule has 0 fully saturated rings. The van der Waals surface area contributed by atoms with E-state index in [0.717, 1.165) is 6.07 Å². The molecule has 0 aliphatic heterocycles. The van der Waals surface area contributed by atoms with Gasteiger partial charge in [-0.15, -0.1) is 0 Å². The van der Waals surface area contributed by atoms with Gasteiger partial charge >= 0.3 is 0 Å². The fourth-order valence-corrected chi connectivity index (χ4v) is 1.02. The van der Waals surface area contributed by atoms with Gasteiger partial charge in [0.15, 0.2) is 12.0 Å². The largest absolute Gasteiger partial charge is 0.291 e. The molecule has 13 heavy (non-hydrogen) atoms. The Morgan fingerprint density at radius 2 is 2.08 bits per heavy atom. The second kappa shape index (κ2) is 4.12. The van der Waals surface area contributed by atoms with Gasteiger partial charge in [0, 0.05) is 0 Å². The van der Waals surface area contributed by atoms with Crippen LogP contribution in [0, 0.1) is 5.82 Å². The molecule has 1 aromatic carbocycles. The molecule has 0 saturated carbocycles. The minimum atomic E-state index is -1.60. The second-order valence-electron chi connectivity index (χ2n) is 2.72. The van der Waals surface area contributed by atoms with Crippen LogP contribution in [0.4, 0.5) is 8.78 Å². The maximum atomic E-state index is 12.9. The topological polar surface area (TPSA) is 17.1 Å². The summed E-state index contributed by atoms with van der Waals surface area (Å²) in [6.07, 6.45) is -1.52. The van der Waals surface area contributed by atoms with Gasteiger partial charge in [0.2, 0.25) is 0 Å². The molecule has 1 aromatic rings. The maximum Gasteiger partial charge on any atom is 0.199 e. The number of carbonyl (C=O) groups is 1. The molecule has 1 nitrogen and oxygen atoms in total. The number of rotatable bonds is 3. The van der Waals surface area contributed by atoms with Crippen molar-refractivity contribution in [3.05, 3.63) is 35.6 Å². The van der Waals surface area contributed by atoms with E-state index >= 15 is 0 Å². The predicted octanol–water partition coefficient (Wildman–Crippen LogP) is 2.76. The predicted molar refractivity (Wildman–Crippen MR) is 45.9 cm³/mol. The zero-order chi connectivity index (χ0) is 9.84. The van der Waals surface area contributed by atoms with Gasteiger partial charge in [0.25, 0.3) is 0 Å². The van der Waals surface area contributed by atoms with Gasteiger partial charge in [-0.1, -0.05) is 19.1 Å². The van der Waals surface area contributed by atoms with E-state index in [2.05, 4.69) is 0 Å². The van der Waals surface area contributed by atoms with Crippen LogP contribution in [0.3, 0.4) is 0 Å². The molecule has 0 spiro atoms. The molecular formula is C10H10F2O. The van der Waals surface area contributed by atoms with Gasteiger partial charge in [-0.05, 0) is 18.6 Å². The highest BCUT2D eigenvalue weighted by Crippen LogP contribution is 2.12. The van der Waals surface area contributed by atoms with Gasteiger partial charge in [-0.25, -0.2) is 8.78 Å². The molecule has 1 unspecified atom stereocenters. The SMILES string of the molecule is CCC(F)C(=O)c1ccccc1F. The summed E-state index contributed by atoms with van der Waals surface area (Å²) in [5, 5.41) is 0. The third-order valence-electron chi connectivity index (χ3n) is 1.78. The van der Waals surface area contributed by atoms with Gasteiger partial charge in [-0.3, -0.25) is 4.79 Å². The molecule has 0 aromatic heterocycles. The van der Waals surface area contributed by atoms with Gasteiger partial charge in [0.05, 0.1) is 5.56 Å². The lowest BCUT2D eigenvalue weighted by atomic mass is 10.1. The Balaban J connectivity index is 2.95. The van der Waals surface area contributed by atoms with E-state index in [1.807, 2.05) is 0 Å². The first kappa shape index (κ1) is 9.84. The highest BCUT2D eigenvalue weighted by atomic mass is 19.1. The van der Waals surface area contributed by atoms with Gasteiger partial charge in [0.1, 0.15) is 5.82 Å². The zero-order valence-corrected chi connectivity index (χ0v) is 7.26. The molecule has 0 bridgehead atoms. The standard InChI is InChI=1S/C10H10F2O/c1-2-8(11)10(13)7-5-3-4-6-9(7)12/h3-6,8H,2H2,1H3. The van der Waals surface area contributed by atoms with Crippen LogP contribution in [-0.2, 0) is 0 Å². The number of hydrogen-bond acceptors (Lipinski definition) is 1. The van der Waals surface area contributed by atoms with Gasteiger partial charge in [-0.2, -0.15) is 0 Å². The van der Waals surface area contributed by atoms with Crippen molar-refractivity contribution in [1.82, 2.24) is 0 Å². The van der Waals surface area contributed by atoms with Crippen molar-refractivity contribution in [2.45, 2.75) is 19.5 Å². The Hall–Kier alpha value is -1.25. The minimum absolute atomic E-state index is 0.0766. The number of benzene rings is 1. The highest BCUT2D eigenvalue weighted by Gasteiger charge is 2.19. The van der Waals surface area contributed by atoms with Crippen LogP contribution in [0.15, 0.2) is 24.3 Å². The lowest BCUT2D eigenvalue weighted by Gasteiger charge is -2.04. The van der Waals surface area contributed by atoms with Crippen LogP contribution in [0.25, 0.3) is 0 Å². The summed E-state index contributed by atoms with van der Waals surface area (Å²) in [5.41, 5.74) is -0.170. The maximum absolute atomic E-state index is 12.9. The van der Waals surface area contributed by atoms with E-state index in [-0.39, 0.29) is 12.0 Å². The molecule has 0 amide bonds. The number of alkyl halides is 1. The first-order valence-electron chi connectivity index (χ1n) is 4.09. The molecule has 0 aliphatic carbocycles. The van der Waals surface area contributed by atoms with Gasteiger partial charge < -0.3 is 0 Å². The lowest BCUT2D eigenvalue weighted by molar-refractivity contribution is 0.0869. The van der Waals surface area contributed by atoms with Crippen molar-refractivity contribution in [3.8, 4) is 0 Å². The fraction of sp³-hybridized carbons (Fsp3) is 0.300. The Bertz CT molecular complexity index is 310. The molecule has 0 radical (unpaired) electrons.